The number of amides is 3. The first kappa shape index (κ1) is 22.3. The fourth-order valence-electron chi connectivity index (χ4n) is 3.58. The van der Waals surface area contributed by atoms with Crippen LogP contribution in [0.25, 0.3) is 5.57 Å². The minimum absolute atomic E-state index is 0.160. The van der Waals surface area contributed by atoms with Crippen molar-refractivity contribution in [3.05, 3.63) is 94.1 Å². The second-order valence-corrected chi connectivity index (χ2v) is 8.29. The maximum absolute atomic E-state index is 13.5. The molecule has 3 aromatic rings. The fraction of sp³-hybridized carbons (Fsp3) is 0.115. The van der Waals surface area contributed by atoms with Crippen molar-refractivity contribution in [3.63, 3.8) is 0 Å². The molecule has 2 N–H and O–H groups in total. The number of benzene rings is 3. The standard InChI is InChI=1S/C26H22ClN3O3/c1-15-4-12-21(13-5-15)30-25(32)23(18-7-10-19(11-8-18)28-17(3)31)24(26(30)33)29-20-9-6-16(2)22(27)14-20/h4-14,29H,1-3H3,(H,28,31). The molecule has 6 nitrogen and oxygen atoms in total. The van der Waals surface area contributed by atoms with Crippen LogP contribution in [0.15, 0.2) is 72.4 Å². The maximum atomic E-state index is 13.5. The van der Waals surface area contributed by atoms with Gasteiger partial charge in [0.1, 0.15) is 5.70 Å². The van der Waals surface area contributed by atoms with E-state index in [0.717, 1.165) is 16.0 Å². The van der Waals surface area contributed by atoms with Gasteiger partial charge in [0.25, 0.3) is 11.8 Å². The molecular weight excluding hydrogens is 438 g/mol. The van der Waals surface area contributed by atoms with Gasteiger partial charge in [0, 0.05) is 23.3 Å². The van der Waals surface area contributed by atoms with Crippen molar-refractivity contribution in [2.45, 2.75) is 20.8 Å². The third kappa shape index (κ3) is 4.52. The first-order valence-corrected chi connectivity index (χ1v) is 10.7. The van der Waals surface area contributed by atoms with E-state index in [1.807, 2.05) is 32.0 Å². The number of halogens is 1. The van der Waals surface area contributed by atoms with E-state index in [-0.39, 0.29) is 17.2 Å². The van der Waals surface area contributed by atoms with E-state index in [2.05, 4.69) is 10.6 Å². The second kappa shape index (κ2) is 8.92. The van der Waals surface area contributed by atoms with Gasteiger partial charge in [0.15, 0.2) is 0 Å². The maximum Gasteiger partial charge on any atom is 0.282 e. The molecule has 0 spiro atoms. The van der Waals surface area contributed by atoms with Crippen molar-refractivity contribution in [2.24, 2.45) is 0 Å². The average molecular weight is 460 g/mol. The Labute approximate surface area is 196 Å². The van der Waals surface area contributed by atoms with Crippen molar-refractivity contribution in [1.82, 2.24) is 0 Å². The smallest absolute Gasteiger partial charge is 0.282 e. The van der Waals surface area contributed by atoms with Gasteiger partial charge in [-0.25, -0.2) is 4.90 Å². The Bertz CT molecular complexity index is 1300. The third-order valence-electron chi connectivity index (χ3n) is 5.31. The van der Waals surface area contributed by atoms with Crippen LogP contribution in [0.1, 0.15) is 23.6 Å². The monoisotopic (exact) mass is 459 g/mol. The molecule has 0 aliphatic carbocycles. The van der Waals surface area contributed by atoms with Crippen LogP contribution in [0.2, 0.25) is 5.02 Å². The number of rotatable bonds is 5. The van der Waals surface area contributed by atoms with Crippen LogP contribution in [0.5, 0.6) is 0 Å². The summed E-state index contributed by atoms with van der Waals surface area (Å²) in [6, 6.07) is 19.3. The second-order valence-electron chi connectivity index (χ2n) is 7.88. The van der Waals surface area contributed by atoms with E-state index in [4.69, 9.17) is 11.6 Å². The summed E-state index contributed by atoms with van der Waals surface area (Å²) in [6.07, 6.45) is 0. The number of hydrogen-bond donors (Lipinski definition) is 2. The lowest BCUT2D eigenvalue weighted by atomic mass is 10.0. The zero-order valence-corrected chi connectivity index (χ0v) is 19.2. The van der Waals surface area contributed by atoms with Crippen LogP contribution in [0.4, 0.5) is 17.1 Å². The topological polar surface area (TPSA) is 78.5 Å². The molecule has 0 bridgehead atoms. The first-order chi connectivity index (χ1) is 15.7. The van der Waals surface area contributed by atoms with E-state index in [0.29, 0.717) is 27.6 Å². The van der Waals surface area contributed by atoms with Crippen molar-refractivity contribution >= 4 is 52.0 Å². The minimum Gasteiger partial charge on any atom is -0.350 e. The van der Waals surface area contributed by atoms with Crippen LogP contribution in [0.3, 0.4) is 0 Å². The summed E-state index contributed by atoms with van der Waals surface area (Å²) in [6.45, 7) is 5.24. The summed E-state index contributed by atoms with van der Waals surface area (Å²) >= 11 is 6.26. The molecule has 0 saturated carbocycles. The van der Waals surface area contributed by atoms with Gasteiger partial charge in [-0.1, -0.05) is 47.5 Å². The molecule has 3 aromatic carbocycles. The first-order valence-electron chi connectivity index (χ1n) is 10.4. The highest BCUT2D eigenvalue weighted by molar-refractivity contribution is 6.46. The Kier molecular flexibility index (Phi) is 6.03. The molecule has 0 fully saturated rings. The molecule has 1 heterocycles. The van der Waals surface area contributed by atoms with E-state index in [9.17, 15) is 14.4 Å². The third-order valence-corrected chi connectivity index (χ3v) is 5.72. The molecule has 33 heavy (non-hydrogen) atoms. The number of carbonyl (C=O) groups excluding carboxylic acids is 3. The summed E-state index contributed by atoms with van der Waals surface area (Å²) in [7, 11) is 0. The molecule has 0 atom stereocenters. The number of imide groups is 1. The van der Waals surface area contributed by atoms with E-state index in [1.54, 1.807) is 48.5 Å². The minimum atomic E-state index is -0.457. The van der Waals surface area contributed by atoms with Crippen LogP contribution in [0, 0.1) is 13.8 Å². The molecule has 7 heteroatoms. The van der Waals surface area contributed by atoms with Crippen molar-refractivity contribution in [1.29, 1.82) is 0 Å². The predicted octanol–water partition coefficient (Wildman–Crippen LogP) is 5.31. The van der Waals surface area contributed by atoms with E-state index in [1.165, 1.54) is 6.92 Å². The number of carbonyl (C=O) groups is 3. The summed E-state index contributed by atoms with van der Waals surface area (Å²) in [4.78, 5) is 39.4. The van der Waals surface area contributed by atoms with Crippen LogP contribution in [-0.2, 0) is 14.4 Å². The summed E-state index contributed by atoms with van der Waals surface area (Å²) in [5.74, 6) is -1.09. The normalized spacial score (nSPS) is 13.5. The summed E-state index contributed by atoms with van der Waals surface area (Å²) < 4.78 is 0. The predicted molar refractivity (Wildman–Crippen MR) is 131 cm³/mol. The molecule has 3 amide bonds. The molecule has 0 aromatic heterocycles. The van der Waals surface area contributed by atoms with Crippen LogP contribution in [-0.4, -0.2) is 17.7 Å². The summed E-state index contributed by atoms with van der Waals surface area (Å²) in [5, 5.41) is 6.36. The Balaban J connectivity index is 1.79. The number of anilines is 3. The molecule has 0 unspecified atom stereocenters. The lowest BCUT2D eigenvalue weighted by molar-refractivity contribution is -0.120. The molecule has 0 saturated heterocycles. The Morgan fingerprint density at radius 1 is 0.848 bits per heavy atom. The molecule has 0 radical (unpaired) electrons. The van der Waals surface area contributed by atoms with Gasteiger partial charge in [-0.2, -0.15) is 0 Å². The lowest BCUT2D eigenvalue weighted by Gasteiger charge is -2.15. The Morgan fingerprint density at radius 3 is 2.09 bits per heavy atom. The van der Waals surface area contributed by atoms with Gasteiger partial charge < -0.3 is 10.6 Å². The van der Waals surface area contributed by atoms with Crippen molar-refractivity contribution < 1.29 is 14.4 Å². The van der Waals surface area contributed by atoms with Gasteiger partial charge in [0.05, 0.1) is 11.3 Å². The lowest BCUT2D eigenvalue weighted by Crippen LogP contribution is -2.32. The largest absolute Gasteiger partial charge is 0.350 e. The highest BCUT2D eigenvalue weighted by atomic mass is 35.5. The zero-order chi connectivity index (χ0) is 23.7. The highest BCUT2D eigenvalue weighted by Crippen LogP contribution is 2.34. The van der Waals surface area contributed by atoms with E-state index < -0.39 is 11.8 Å². The highest BCUT2D eigenvalue weighted by Gasteiger charge is 2.40. The number of aryl methyl sites for hydroxylation is 2. The molecule has 1 aliphatic heterocycles. The van der Waals surface area contributed by atoms with Gasteiger partial charge in [0.2, 0.25) is 5.91 Å². The van der Waals surface area contributed by atoms with Crippen molar-refractivity contribution in [2.75, 3.05) is 15.5 Å². The fourth-order valence-corrected chi connectivity index (χ4v) is 3.76. The van der Waals surface area contributed by atoms with Crippen molar-refractivity contribution in [3.8, 4) is 0 Å². The quantitative estimate of drug-likeness (QED) is 0.507. The van der Waals surface area contributed by atoms with Crippen LogP contribution >= 0.6 is 11.6 Å². The van der Waals surface area contributed by atoms with Gasteiger partial charge >= 0.3 is 0 Å². The summed E-state index contributed by atoms with van der Waals surface area (Å²) in [5.41, 5.74) is 4.56. The average Bonchev–Trinajstić information content (AvgIpc) is 3.01. The molecule has 4 rings (SSSR count). The molecular formula is C26H22ClN3O3. The molecule has 166 valence electrons. The number of hydrogen-bond acceptors (Lipinski definition) is 4. The van der Waals surface area contributed by atoms with Gasteiger partial charge in [-0.05, 0) is 61.4 Å². The number of nitrogens with zero attached hydrogens (tertiary/aromatic N) is 1. The SMILES string of the molecule is CC(=O)Nc1ccc(C2=C(Nc3ccc(C)c(Cl)c3)C(=O)N(c3ccc(C)cc3)C2=O)cc1. The molecule has 1 aliphatic rings. The Hall–Kier alpha value is -3.90. The van der Waals surface area contributed by atoms with Crippen LogP contribution < -0.4 is 15.5 Å². The number of nitrogens with one attached hydrogen (secondary N) is 2. The van der Waals surface area contributed by atoms with Gasteiger partial charge in [-0.3, -0.25) is 14.4 Å². The van der Waals surface area contributed by atoms with E-state index >= 15 is 0 Å². The zero-order valence-electron chi connectivity index (χ0n) is 18.4. The Morgan fingerprint density at radius 2 is 1.48 bits per heavy atom. The van der Waals surface area contributed by atoms with Gasteiger partial charge in [-0.15, -0.1) is 0 Å².